The number of nitrogens with one attached hydrogen (secondary N) is 1. The average molecular weight is 222 g/mol. The molecule has 0 radical (unpaired) electrons. The first-order chi connectivity index (χ1) is 7.61. The minimum absolute atomic E-state index is 0.148. The topological polar surface area (TPSA) is 34.0 Å². The van der Waals surface area contributed by atoms with E-state index in [9.17, 15) is 4.79 Å². The van der Waals surface area contributed by atoms with Crippen LogP contribution in [-0.4, -0.2) is 11.1 Å². The second-order valence-corrected chi connectivity index (χ2v) is 4.27. The zero-order valence-electron chi connectivity index (χ0n) is 10.7. The summed E-state index contributed by atoms with van der Waals surface area (Å²) in [7, 11) is 0. The fourth-order valence-corrected chi connectivity index (χ4v) is 1.86. The number of nitrogens with zero attached hydrogens (tertiary/aromatic N) is 1. The summed E-state index contributed by atoms with van der Waals surface area (Å²) in [6, 6.07) is 4.02. The van der Waals surface area contributed by atoms with Crippen molar-refractivity contribution in [3.05, 3.63) is 33.7 Å². The van der Waals surface area contributed by atoms with Gasteiger partial charge in [-0.05, 0) is 25.5 Å². The summed E-state index contributed by atoms with van der Waals surface area (Å²) in [5.41, 5.74) is 2.12. The molecule has 0 aliphatic heterocycles. The molecule has 0 fully saturated rings. The Morgan fingerprint density at radius 2 is 2.00 bits per heavy atom. The van der Waals surface area contributed by atoms with E-state index in [0.717, 1.165) is 24.3 Å². The predicted octanol–water partition coefficient (Wildman–Crippen LogP) is 2.10. The number of rotatable bonds is 5. The van der Waals surface area contributed by atoms with E-state index in [4.69, 9.17) is 0 Å². The Morgan fingerprint density at radius 3 is 2.50 bits per heavy atom. The Bertz CT molecular complexity index is 393. The van der Waals surface area contributed by atoms with Gasteiger partial charge in [-0.2, -0.15) is 0 Å². The van der Waals surface area contributed by atoms with Crippen LogP contribution in [0.25, 0.3) is 0 Å². The molecule has 0 amide bonds. The molecule has 16 heavy (non-hydrogen) atoms. The molecule has 3 nitrogen and oxygen atoms in total. The van der Waals surface area contributed by atoms with Crippen LogP contribution in [0.4, 0.5) is 0 Å². The van der Waals surface area contributed by atoms with Crippen LogP contribution in [0, 0.1) is 0 Å². The molecule has 90 valence electrons. The molecule has 0 aromatic carbocycles. The maximum atomic E-state index is 12.2. The summed E-state index contributed by atoms with van der Waals surface area (Å²) < 4.78 is 1.87. The first-order valence-electron chi connectivity index (χ1n) is 6.05. The average Bonchev–Trinajstić information content (AvgIpc) is 2.26. The van der Waals surface area contributed by atoms with Crippen molar-refractivity contribution in [1.82, 2.24) is 9.88 Å². The van der Waals surface area contributed by atoms with Gasteiger partial charge in [0.2, 0.25) is 0 Å². The van der Waals surface area contributed by atoms with Crippen molar-refractivity contribution in [3.63, 3.8) is 0 Å². The number of hydrogen-bond acceptors (Lipinski definition) is 2. The van der Waals surface area contributed by atoms with E-state index in [-0.39, 0.29) is 5.56 Å². The smallest absolute Gasteiger partial charge is 0.255 e. The summed E-state index contributed by atoms with van der Waals surface area (Å²) in [5, 5.41) is 3.19. The molecule has 0 aliphatic carbocycles. The van der Waals surface area contributed by atoms with Crippen LogP contribution in [0.3, 0.4) is 0 Å². The Hall–Kier alpha value is -1.09. The first kappa shape index (κ1) is 13.0. The highest BCUT2D eigenvalue weighted by molar-refractivity contribution is 5.18. The lowest BCUT2D eigenvalue weighted by atomic mass is 10.1. The minimum Gasteiger partial charge on any atom is -0.313 e. The Morgan fingerprint density at radius 1 is 1.31 bits per heavy atom. The highest BCUT2D eigenvalue weighted by Gasteiger charge is 2.09. The summed E-state index contributed by atoms with van der Waals surface area (Å²) in [4.78, 5) is 12.2. The second kappa shape index (κ2) is 5.85. The molecule has 1 heterocycles. The van der Waals surface area contributed by atoms with Crippen molar-refractivity contribution in [2.24, 2.45) is 0 Å². The van der Waals surface area contributed by atoms with Crippen molar-refractivity contribution in [3.8, 4) is 0 Å². The Labute approximate surface area is 97.5 Å². The molecule has 3 heteroatoms. The van der Waals surface area contributed by atoms with E-state index >= 15 is 0 Å². The van der Waals surface area contributed by atoms with Crippen molar-refractivity contribution in [2.45, 2.75) is 46.7 Å². The highest BCUT2D eigenvalue weighted by Crippen LogP contribution is 2.12. The van der Waals surface area contributed by atoms with Crippen molar-refractivity contribution in [1.29, 1.82) is 0 Å². The fraction of sp³-hybridized carbons (Fsp3) is 0.615. The van der Waals surface area contributed by atoms with Gasteiger partial charge < -0.3 is 9.88 Å². The molecule has 1 aromatic rings. The van der Waals surface area contributed by atoms with Gasteiger partial charge in [-0.1, -0.05) is 26.8 Å². The van der Waals surface area contributed by atoms with E-state index < -0.39 is 0 Å². The molecule has 0 atom stereocenters. The monoisotopic (exact) mass is 222 g/mol. The van der Waals surface area contributed by atoms with Crippen LogP contribution in [0.2, 0.25) is 0 Å². The zero-order chi connectivity index (χ0) is 12.1. The zero-order valence-corrected chi connectivity index (χ0v) is 10.7. The quantitative estimate of drug-likeness (QED) is 0.828. The molecule has 0 bridgehead atoms. The van der Waals surface area contributed by atoms with E-state index in [1.807, 2.05) is 24.5 Å². The third-order valence-electron chi connectivity index (χ3n) is 2.76. The number of hydrogen-bond donors (Lipinski definition) is 1. The van der Waals surface area contributed by atoms with E-state index in [0.29, 0.717) is 12.5 Å². The molecule has 0 saturated heterocycles. The second-order valence-electron chi connectivity index (χ2n) is 4.27. The van der Waals surface area contributed by atoms with Crippen LogP contribution >= 0.6 is 0 Å². The summed E-state index contributed by atoms with van der Waals surface area (Å²) in [6.45, 7) is 10.6. The molecule has 1 rings (SSSR count). The largest absolute Gasteiger partial charge is 0.313 e. The fourth-order valence-electron chi connectivity index (χ4n) is 1.86. The third-order valence-corrected chi connectivity index (χ3v) is 2.76. The van der Waals surface area contributed by atoms with Gasteiger partial charge in [-0.15, -0.1) is 0 Å². The van der Waals surface area contributed by atoms with Crippen LogP contribution in [0.15, 0.2) is 16.9 Å². The maximum Gasteiger partial charge on any atom is 0.255 e. The van der Waals surface area contributed by atoms with Crippen LogP contribution < -0.4 is 10.9 Å². The number of aromatic nitrogens is 1. The van der Waals surface area contributed by atoms with Gasteiger partial charge in [0.1, 0.15) is 0 Å². The Balaban J connectivity index is 3.13. The SMILES string of the molecule is CCNCc1ccc(C(C)C)n(CC)c1=O. The van der Waals surface area contributed by atoms with Gasteiger partial charge in [-0.25, -0.2) is 0 Å². The lowest BCUT2D eigenvalue weighted by molar-refractivity contribution is 0.622. The van der Waals surface area contributed by atoms with Crippen LogP contribution in [-0.2, 0) is 13.1 Å². The van der Waals surface area contributed by atoms with Crippen LogP contribution in [0.1, 0.15) is 44.9 Å². The van der Waals surface area contributed by atoms with Gasteiger partial charge in [0, 0.05) is 24.3 Å². The lowest BCUT2D eigenvalue weighted by Crippen LogP contribution is -2.29. The van der Waals surface area contributed by atoms with Gasteiger partial charge in [0.15, 0.2) is 0 Å². The number of pyridine rings is 1. The summed E-state index contributed by atoms with van der Waals surface area (Å²) in [6.07, 6.45) is 0. The van der Waals surface area contributed by atoms with Gasteiger partial charge in [0.05, 0.1) is 0 Å². The van der Waals surface area contributed by atoms with Crippen molar-refractivity contribution in [2.75, 3.05) is 6.54 Å². The molecule has 0 aliphatic rings. The lowest BCUT2D eigenvalue weighted by Gasteiger charge is -2.15. The van der Waals surface area contributed by atoms with Gasteiger partial charge >= 0.3 is 0 Å². The summed E-state index contributed by atoms with van der Waals surface area (Å²) in [5.74, 6) is 0.390. The maximum absolute atomic E-state index is 12.2. The molecular formula is C13H22N2O. The third kappa shape index (κ3) is 2.73. The molecule has 1 aromatic heterocycles. The first-order valence-corrected chi connectivity index (χ1v) is 6.05. The Kier molecular flexibility index (Phi) is 4.74. The molecule has 0 spiro atoms. The van der Waals surface area contributed by atoms with Crippen molar-refractivity contribution >= 4 is 0 Å². The normalized spacial score (nSPS) is 11.1. The summed E-state index contributed by atoms with van der Waals surface area (Å²) >= 11 is 0. The highest BCUT2D eigenvalue weighted by atomic mass is 16.1. The molecule has 0 saturated carbocycles. The molecule has 0 unspecified atom stereocenters. The van der Waals surface area contributed by atoms with Crippen molar-refractivity contribution < 1.29 is 0 Å². The van der Waals surface area contributed by atoms with Gasteiger partial charge in [-0.3, -0.25) is 4.79 Å². The minimum atomic E-state index is 0.148. The van der Waals surface area contributed by atoms with E-state index in [2.05, 4.69) is 25.2 Å². The van der Waals surface area contributed by atoms with E-state index in [1.54, 1.807) is 0 Å². The van der Waals surface area contributed by atoms with Gasteiger partial charge in [0.25, 0.3) is 5.56 Å². The standard InChI is InChI=1S/C13H22N2O/c1-5-14-9-11-7-8-12(10(3)4)15(6-2)13(11)16/h7-8,10,14H,5-6,9H2,1-4H3. The predicted molar refractivity (Wildman–Crippen MR) is 67.8 cm³/mol. The molecule has 1 N–H and O–H groups in total. The van der Waals surface area contributed by atoms with Crippen LogP contribution in [0.5, 0.6) is 0 Å². The molecular weight excluding hydrogens is 200 g/mol. The van der Waals surface area contributed by atoms with E-state index in [1.165, 1.54) is 0 Å².